The van der Waals surface area contributed by atoms with Crippen molar-refractivity contribution in [3.8, 4) is 0 Å². The molecule has 0 bridgehead atoms. The van der Waals surface area contributed by atoms with Crippen LogP contribution in [0, 0.1) is 6.92 Å². The van der Waals surface area contributed by atoms with Crippen molar-refractivity contribution >= 4 is 5.78 Å². The Bertz CT molecular complexity index is 460. The molecular weight excluding hydrogens is 190 g/mol. The van der Waals surface area contributed by atoms with Crippen LogP contribution in [0.25, 0.3) is 0 Å². The molecule has 76 valence electrons. The van der Waals surface area contributed by atoms with Crippen LogP contribution in [-0.2, 0) is 6.42 Å². The van der Waals surface area contributed by atoms with E-state index in [1.807, 2.05) is 6.92 Å². The van der Waals surface area contributed by atoms with E-state index >= 15 is 0 Å². The fourth-order valence-corrected chi connectivity index (χ4v) is 1.46. The minimum atomic E-state index is 0.0938. The number of rotatable bonds is 3. The predicted molar refractivity (Wildman–Crippen MR) is 55.7 cm³/mol. The first-order valence-corrected chi connectivity index (χ1v) is 4.72. The van der Waals surface area contributed by atoms with Gasteiger partial charge < -0.3 is 4.42 Å². The molecule has 0 spiro atoms. The number of pyridine rings is 1. The number of aromatic nitrogens is 1. The van der Waals surface area contributed by atoms with Gasteiger partial charge in [0.2, 0.25) is 0 Å². The number of hydrogen-bond donors (Lipinski definition) is 0. The SMILES string of the molecule is Cc1cnccc1C(=O)Cc1ccoc1. The van der Waals surface area contributed by atoms with E-state index in [-0.39, 0.29) is 5.78 Å². The number of hydrogen-bond acceptors (Lipinski definition) is 3. The molecule has 2 heterocycles. The van der Waals surface area contributed by atoms with E-state index in [1.165, 1.54) is 0 Å². The standard InChI is InChI=1S/C12H11NO2/c1-9-7-13-4-2-11(9)12(14)6-10-3-5-15-8-10/h2-5,7-8H,6H2,1H3. The van der Waals surface area contributed by atoms with Gasteiger partial charge in [-0.25, -0.2) is 0 Å². The first kappa shape index (κ1) is 9.65. The molecule has 0 saturated heterocycles. The second kappa shape index (κ2) is 4.09. The number of Topliss-reactive ketones (excluding diaryl/α,β-unsaturated/α-hetero) is 1. The van der Waals surface area contributed by atoms with E-state index in [9.17, 15) is 4.79 Å². The summed E-state index contributed by atoms with van der Waals surface area (Å²) < 4.78 is 4.92. The smallest absolute Gasteiger partial charge is 0.167 e. The van der Waals surface area contributed by atoms with E-state index in [4.69, 9.17) is 4.42 Å². The van der Waals surface area contributed by atoms with Crippen LogP contribution in [0.5, 0.6) is 0 Å². The first-order chi connectivity index (χ1) is 7.27. The van der Waals surface area contributed by atoms with Crippen molar-refractivity contribution in [3.05, 3.63) is 53.7 Å². The fraction of sp³-hybridized carbons (Fsp3) is 0.167. The van der Waals surface area contributed by atoms with Crippen LogP contribution in [0.1, 0.15) is 21.5 Å². The van der Waals surface area contributed by atoms with Crippen molar-refractivity contribution in [2.24, 2.45) is 0 Å². The van der Waals surface area contributed by atoms with Gasteiger partial charge in [-0.05, 0) is 30.2 Å². The van der Waals surface area contributed by atoms with Crippen molar-refractivity contribution in [3.63, 3.8) is 0 Å². The van der Waals surface area contributed by atoms with Gasteiger partial charge in [0, 0.05) is 24.4 Å². The summed E-state index contributed by atoms with van der Waals surface area (Å²) in [5.74, 6) is 0.0938. The molecule has 0 aliphatic heterocycles. The molecule has 2 rings (SSSR count). The van der Waals surface area contributed by atoms with Crippen molar-refractivity contribution in [2.45, 2.75) is 13.3 Å². The molecule has 0 N–H and O–H groups in total. The summed E-state index contributed by atoms with van der Waals surface area (Å²) in [4.78, 5) is 15.8. The van der Waals surface area contributed by atoms with E-state index in [2.05, 4.69) is 4.98 Å². The van der Waals surface area contributed by atoms with E-state index in [0.29, 0.717) is 6.42 Å². The highest BCUT2D eigenvalue weighted by Gasteiger charge is 2.09. The Morgan fingerprint density at radius 3 is 3.00 bits per heavy atom. The average molecular weight is 201 g/mol. The zero-order valence-corrected chi connectivity index (χ0v) is 8.43. The monoisotopic (exact) mass is 201 g/mol. The number of ketones is 1. The molecule has 0 fully saturated rings. The molecule has 3 heteroatoms. The van der Waals surface area contributed by atoms with E-state index < -0.39 is 0 Å². The summed E-state index contributed by atoms with van der Waals surface area (Å²) in [6, 6.07) is 3.55. The van der Waals surface area contributed by atoms with Gasteiger partial charge in [0.1, 0.15) is 0 Å². The van der Waals surface area contributed by atoms with Crippen LogP contribution in [0.3, 0.4) is 0 Å². The molecule has 3 nitrogen and oxygen atoms in total. The molecule has 0 aliphatic carbocycles. The van der Waals surface area contributed by atoms with Gasteiger partial charge in [0.15, 0.2) is 5.78 Å². The maximum Gasteiger partial charge on any atom is 0.167 e. The second-order valence-corrected chi connectivity index (χ2v) is 3.42. The molecule has 2 aromatic rings. The summed E-state index contributed by atoms with van der Waals surface area (Å²) in [7, 11) is 0. The molecule has 0 atom stereocenters. The molecule has 0 aromatic carbocycles. The molecule has 0 saturated carbocycles. The minimum Gasteiger partial charge on any atom is -0.472 e. The summed E-state index contributed by atoms with van der Waals surface area (Å²) in [5, 5.41) is 0. The second-order valence-electron chi connectivity index (χ2n) is 3.42. The van der Waals surface area contributed by atoms with Gasteiger partial charge >= 0.3 is 0 Å². The van der Waals surface area contributed by atoms with Crippen molar-refractivity contribution in [1.82, 2.24) is 4.98 Å². The highest BCUT2D eigenvalue weighted by Crippen LogP contribution is 2.10. The van der Waals surface area contributed by atoms with Crippen LogP contribution in [0.2, 0.25) is 0 Å². The number of nitrogens with zero attached hydrogens (tertiary/aromatic N) is 1. The summed E-state index contributed by atoms with van der Waals surface area (Å²) >= 11 is 0. The maximum atomic E-state index is 11.9. The molecule has 0 amide bonds. The molecule has 15 heavy (non-hydrogen) atoms. The summed E-state index contributed by atoms with van der Waals surface area (Å²) in [6.07, 6.45) is 6.87. The van der Waals surface area contributed by atoms with E-state index in [0.717, 1.165) is 16.7 Å². The van der Waals surface area contributed by atoms with Gasteiger partial charge in [-0.3, -0.25) is 9.78 Å². The molecule has 0 aliphatic rings. The minimum absolute atomic E-state index is 0.0938. The Kier molecular flexibility index (Phi) is 2.63. The first-order valence-electron chi connectivity index (χ1n) is 4.72. The average Bonchev–Trinajstić information content (AvgIpc) is 2.71. The lowest BCUT2D eigenvalue weighted by Crippen LogP contribution is -2.05. The third kappa shape index (κ3) is 2.13. The highest BCUT2D eigenvalue weighted by molar-refractivity contribution is 5.98. The number of aryl methyl sites for hydroxylation is 1. The highest BCUT2D eigenvalue weighted by atomic mass is 16.3. The van der Waals surface area contributed by atoms with Crippen molar-refractivity contribution < 1.29 is 9.21 Å². The topological polar surface area (TPSA) is 43.1 Å². The quantitative estimate of drug-likeness (QED) is 0.716. The van der Waals surface area contributed by atoms with Crippen LogP contribution in [0.4, 0.5) is 0 Å². The summed E-state index contributed by atoms with van der Waals surface area (Å²) in [5.41, 5.74) is 2.54. The molecular formula is C12H11NO2. The van der Waals surface area contributed by atoms with E-state index in [1.54, 1.807) is 37.1 Å². The van der Waals surface area contributed by atoms with Crippen LogP contribution in [0.15, 0.2) is 41.5 Å². The lowest BCUT2D eigenvalue weighted by atomic mass is 10.0. The Morgan fingerprint density at radius 2 is 2.33 bits per heavy atom. The fourth-order valence-electron chi connectivity index (χ4n) is 1.46. The summed E-state index contributed by atoms with van der Waals surface area (Å²) in [6.45, 7) is 1.88. The molecule has 0 radical (unpaired) electrons. The van der Waals surface area contributed by atoms with Crippen molar-refractivity contribution in [1.29, 1.82) is 0 Å². The third-order valence-electron chi connectivity index (χ3n) is 2.27. The zero-order chi connectivity index (χ0) is 10.7. The molecule has 0 unspecified atom stereocenters. The normalized spacial score (nSPS) is 10.2. The van der Waals surface area contributed by atoms with Crippen LogP contribution >= 0.6 is 0 Å². The van der Waals surface area contributed by atoms with Gasteiger partial charge in [0.25, 0.3) is 0 Å². The third-order valence-corrected chi connectivity index (χ3v) is 2.27. The maximum absolute atomic E-state index is 11.9. The zero-order valence-electron chi connectivity index (χ0n) is 8.43. The lowest BCUT2D eigenvalue weighted by molar-refractivity contribution is 0.0992. The largest absolute Gasteiger partial charge is 0.472 e. The predicted octanol–water partition coefficient (Wildman–Crippen LogP) is 2.41. The van der Waals surface area contributed by atoms with Gasteiger partial charge in [-0.1, -0.05) is 0 Å². The number of carbonyl (C=O) groups is 1. The Hall–Kier alpha value is -1.90. The van der Waals surface area contributed by atoms with Crippen LogP contribution in [-0.4, -0.2) is 10.8 Å². The van der Waals surface area contributed by atoms with Crippen LogP contribution < -0.4 is 0 Å². The van der Waals surface area contributed by atoms with Gasteiger partial charge in [-0.2, -0.15) is 0 Å². The lowest BCUT2D eigenvalue weighted by Gasteiger charge is -2.02. The Balaban J connectivity index is 2.19. The van der Waals surface area contributed by atoms with Gasteiger partial charge in [0.05, 0.1) is 12.5 Å². The molecule has 2 aromatic heterocycles. The Morgan fingerprint density at radius 1 is 1.47 bits per heavy atom. The van der Waals surface area contributed by atoms with Gasteiger partial charge in [-0.15, -0.1) is 0 Å². The van der Waals surface area contributed by atoms with Crippen molar-refractivity contribution in [2.75, 3.05) is 0 Å². The number of furan rings is 1. The number of carbonyl (C=O) groups excluding carboxylic acids is 1. The Labute approximate surface area is 87.8 Å².